The molecule has 3 atom stereocenters. The van der Waals surface area contributed by atoms with Gasteiger partial charge in [0.1, 0.15) is 12.3 Å². The number of ether oxygens (including phenoxy) is 1. The molecule has 7 heteroatoms. The Balaban J connectivity index is 2.84. The van der Waals surface area contributed by atoms with Gasteiger partial charge in [-0.3, -0.25) is 9.59 Å². The molecule has 0 amide bonds. The standard InChI is InChI=1S/C17H30N2O5/c1-16(2,3)17(5-6-17)9-11(7-13(18)15(23)24-4)19-12(10-20)8-14(21)22/h10-13,19H,5-9,18H2,1-4H3,(H,21,22)/t11?,12-,13?/m0/s1. The maximum absolute atomic E-state index is 11.6. The third-order valence-corrected chi connectivity index (χ3v) is 5.13. The Labute approximate surface area is 143 Å². The second-order valence-corrected chi connectivity index (χ2v) is 7.80. The first kappa shape index (κ1) is 20.6. The maximum Gasteiger partial charge on any atom is 0.322 e. The molecule has 0 aromatic rings. The van der Waals surface area contributed by atoms with Gasteiger partial charge in [0.05, 0.1) is 19.6 Å². The minimum atomic E-state index is -1.05. The van der Waals surface area contributed by atoms with Crippen LogP contribution in [0.25, 0.3) is 0 Å². The SMILES string of the molecule is COC(=O)C(N)CC(CC1(C(C)(C)C)CC1)N[C@H](C=O)CC(=O)O. The molecule has 0 bridgehead atoms. The number of carbonyl (C=O) groups is 3. The fourth-order valence-electron chi connectivity index (χ4n) is 3.28. The third kappa shape index (κ3) is 5.56. The molecule has 1 aliphatic rings. The van der Waals surface area contributed by atoms with Crippen LogP contribution in [0.15, 0.2) is 0 Å². The van der Waals surface area contributed by atoms with Gasteiger partial charge in [-0.05, 0) is 36.5 Å². The molecule has 2 unspecified atom stereocenters. The summed E-state index contributed by atoms with van der Waals surface area (Å²) < 4.78 is 4.67. The first-order valence-electron chi connectivity index (χ1n) is 8.31. The summed E-state index contributed by atoms with van der Waals surface area (Å²) in [6.07, 6.45) is 3.50. The predicted octanol–water partition coefficient (Wildman–Crippen LogP) is 1.09. The zero-order chi connectivity index (χ0) is 18.5. The third-order valence-electron chi connectivity index (χ3n) is 5.13. The molecule has 0 aromatic heterocycles. The zero-order valence-electron chi connectivity index (χ0n) is 15.0. The van der Waals surface area contributed by atoms with E-state index < -0.39 is 24.0 Å². The van der Waals surface area contributed by atoms with Gasteiger partial charge in [-0.15, -0.1) is 0 Å². The average Bonchev–Trinajstić information content (AvgIpc) is 3.25. The summed E-state index contributed by atoms with van der Waals surface area (Å²) in [5, 5.41) is 12.0. The second-order valence-electron chi connectivity index (χ2n) is 7.80. The van der Waals surface area contributed by atoms with Gasteiger partial charge in [-0.25, -0.2) is 0 Å². The number of aliphatic carboxylic acids is 1. The lowest BCUT2D eigenvalue weighted by molar-refractivity contribution is -0.142. The minimum Gasteiger partial charge on any atom is -0.481 e. The summed E-state index contributed by atoms with van der Waals surface area (Å²) in [5.41, 5.74) is 6.09. The van der Waals surface area contributed by atoms with Crippen molar-refractivity contribution in [1.82, 2.24) is 5.32 Å². The van der Waals surface area contributed by atoms with Crippen LogP contribution in [-0.2, 0) is 19.1 Å². The Morgan fingerprint density at radius 1 is 1.38 bits per heavy atom. The number of methoxy groups -OCH3 is 1. The normalized spacial score (nSPS) is 19.9. The molecule has 0 aliphatic heterocycles. The van der Waals surface area contributed by atoms with Gasteiger partial charge in [0.15, 0.2) is 0 Å². The number of nitrogens with one attached hydrogen (secondary N) is 1. The van der Waals surface area contributed by atoms with Crippen molar-refractivity contribution in [3.63, 3.8) is 0 Å². The molecule has 1 fully saturated rings. The zero-order valence-corrected chi connectivity index (χ0v) is 15.0. The van der Waals surface area contributed by atoms with E-state index in [1.54, 1.807) is 0 Å². The minimum absolute atomic E-state index is 0.0891. The van der Waals surface area contributed by atoms with Crippen LogP contribution in [0.4, 0.5) is 0 Å². The second kappa shape index (κ2) is 8.07. The molecule has 0 saturated heterocycles. The highest BCUT2D eigenvalue weighted by Crippen LogP contribution is 2.61. The summed E-state index contributed by atoms with van der Waals surface area (Å²) in [6, 6.07) is -1.83. The number of esters is 1. The van der Waals surface area contributed by atoms with Crippen LogP contribution in [0, 0.1) is 10.8 Å². The van der Waals surface area contributed by atoms with Gasteiger partial charge in [-0.1, -0.05) is 20.8 Å². The van der Waals surface area contributed by atoms with E-state index in [9.17, 15) is 14.4 Å². The summed E-state index contributed by atoms with van der Waals surface area (Å²) in [5.74, 6) is -1.56. The molecular weight excluding hydrogens is 312 g/mol. The molecule has 1 rings (SSSR count). The van der Waals surface area contributed by atoms with E-state index in [4.69, 9.17) is 10.8 Å². The summed E-state index contributed by atoms with van der Waals surface area (Å²) >= 11 is 0. The van der Waals surface area contributed by atoms with Crippen molar-refractivity contribution in [3.8, 4) is 0 Å². The fourth-order valence-corrected chi connectivity index (χ4v) is 3.28. The van der Waals surface area contributed by atoms with E-state index in [1.165, 1.54) is 7.11 Å². The van der Waals surface area contributed by atoms with Gasteiger partial charge in [0, 0.05) is 6.04 Å². The topological polar surface area (TPSA) is 119 Å². The summed E-state index contributed by atoms with van der Waals surface area (Å²) in [6.45, 7) is 6.52. The molecule has 24 heavy (non-hydrogen) atoms. The Kier molecular flexibility index (Phi) is 6.92. The van der Waals surface area contributed by atoms with E-state index in [0.717, 1.165) is 19.3 Å². The van der Waals surface area contributed by atoms with E-state index in [2.05, 4.69) is 30.8 Å². The number of carbonyl (C=O) groups excluding carboxylic acids is 2. The van der Waals surface area contributed by atoms with Crippen molar-refractivity contribution in [3.05, 3.63) is 0 Å². The number of aldehydes is 1. The number of carboxylic acids is 1. The van der Waals surface area contributed by atoms with E-state index in [0.29, 0.717) is 12.7 Å². The summed E-state index contributed by atoms with van der Waals surface area (Å²) in [7, 11) is 1.28. The van der Waals surface area contributed by atoms with Crippen molar-refractivity contribution in [2.45, 2.75) is 71.0 Å². The molecule has 0 heterocycles. The van der Waals surface area contributed by atoms with Gasteiger partial charge < -0.3 is 25.7 Å². The van der Waals surface area contributed by atoms with Crippen LogP contribution >= 0.6 is 0 Å². The first-order chi connectivity index (χ1) is 11.0. The van der Waals surface area contributed by atoms with Gasteiger partial charge in [0.2, 0.25) is 0 Å². The molecule has 1 aliphatic carbocycles. The maximum atomic E-state index is 11.6. The smallest absolute Gasteiger partial charge is 0.322 e. The monoisotopic (exact) mass is 342 g/mol. The van der Waals surface area contributed by atoms with Crippen molar-refractivity contribution in [2.24, 2.45) is 16.6 Å². The van der Waals surface area contributed by atoms with Crippen molar-refractivity contribution < 1.29 is 24.2 Å². The number of hydrogen-bond acceptors (Lipinski definition) is 6. The van der Waals surface area contributed by atoms with E-state index in [-0.39, 0.29) is 23.3 Å². The van der Waals surface area contributed by atoms with Crippen molar-refractivity contribution in [1.29, 1.82) is 0 Å². The van der Waals surface area contributed by atoms with Gasteiger partial charge in [-0.2, -0.15) is 0 Å². The van der Waals surface area contributed by atoms with Crippen molar-refractivity contribution in [2.75, 3.05) is 7.11 Å². The lowest BCUT2D eigenvalue weighted by atomic mass is 9.73. The number of carboxylic acid groups (broad SMARTS) is 1. The molecule has 0 spiro atoms. The molecule has 4 N–H and O–H groups in total. The molecule has 0 aromatic carbocycles. The van der Waals surface area contributed by atoms with E-state index >= 15 is 0 Å². The van der Waals surface area contributed by atoms with Gasteiger partial charge >= 0.3 is 11.9 Å². The quantitative estimate of drug-likeness (QED) is 0.402. The first-order valence-corrected chi connectivity index (χ1v) is 8.31. The number of rotatable bonds is 10. The van der Waals surface area contributed by atoms with Crippen LogP contribution in [-0.4, -0.2) is 48.6 Å². The molecule has 7 nitrogen and oxygen atoms in total. The van der Waals surface area contributed by atoms with Crippen LogP contribution in [0.5, 0.6) is 0 Å². The highest BCUT2D eigenvalue weighted by Gasteiger charge is 2.52. The number of hydrogen-bond donors (Lipinski definition) is 3. The Morgan fingerprint density at radius 3 is 2.33 bits per heavy atom. The highest BCUT2D eigenvalue weighted by atomic mass is 16.5. The Morgan fingerprint density at radius 2 is 1.96 bits per heavy atom. The number of nitrogens with two attached hydrogens (primary N) is 1. The fraction of sp³-hybridized carbons (Fsp3) is 0.824. The largest absolute Gasteiger partial charge is 0.481 e. The highest BCUT2D eigenvalue weighted by molar-refractivity contribution is 5.75. The van der Waals surface area contributed by atoms with Crippen LogP contribution in [0.2, 0.25) is 0 Å². The molecule has 0 radical (unpaired) electrons. The molecule has 1 saturated carbocycles. The van der Waals surface area contributed by atoms with E-state index in [1.807, 2.05) is 0 Å². The lowest BCUT2D eigenvalue weighted by Crippen LogP contribution is -2.47. The molecular formula is C17H30N2O5. The van der Waals surface area contributed by atoms with Crippen molar-refractivity contribution >= 4 is 18.2 Å². The predicted molar refractivity (Wildman–Crippen MR) is 89.4 cm³/mol. The lowest BCUT2D eigenvalue weighted by Gasteiger charge is -2.35. The summed E-state index contributed by atoms with van der Waals surface area (Å²) in [4.78, 5) is 33.7. The van der Waals surface area contributed by atoms with Crippen LogP contribution < -0.4 is 11.1 Å². The van der Waals surface area contributed by atoms with Gasteiger partial charge in [0.25, 0.3) is 0 Å². The average molecular weight is 342 g/mol. The molecule has 138 valence electrons. The van der Waals surface area contributed by atoms with Crippen LogP contribution in [0.1, 0.15) is 52.9 Å². The van der Waals surface area contributed by atoms with Crippen LogP contribution in [0.3, 0.4) is 0 Å². The Bertz CT molecular complexity index is 468. The Hall–Kier alpha value is -1.47.